The van der Waals surface area contributed by atoms with E-state index in [9.17, 15) is 4.79 Å². The standard InChI is InChI=1S/C12H21N3O/c1-3-4-5-6-10(2)12(16)8-7-11-9-13-15-14-11/h9-10H,3-8H2,1-2H3,(H,13,14,15). The van der Waals surface area contributed by atoms with E-state index in [1.165, 1.54) is 12.8 Å². The van der Waals surface area contributed by atoms with E-state index >= 15 is 0 Å². The quantitative estimate of drug-likeness (QED) is 0.689. The maximum Gasteiger partial charge on any atom is 0.136 e. The third-order valence-corrected chi connectivity index (χ3v) is 2.88. The van der Waals surface area contributed by atoms with Gasteiger partial charge in [0, 0.05) is 12.3 Å². The van der Waals surface area contributed by atoms with Crippen LogP contribution in [0.4, 0.5) is 0 Å². The minimum absolute atomic E-state index is 0.193. The summed E-state index contributed by atoms with van der Waals surface area (Å²) in [6.45, 7) is 4.21. The number of H-pyrrole nitrogens is 1. The van der Waals surface area contributed by atoms with Crippen molar-refractivity contribution < 1.29 is 4.79 Å². The van der Waals surface area contributed by atoms with Gasteiger partial charge < -0.3 is 0 Å². The summed E-state index contributed by atoms with van der Waals surface area (Å²) in [6, 6.07) is 0. The molecule has 0 aliphatic heterocycles. The number of hydrogen-bond donors (Lipinski definition) is 1. The molecule has 0 fully saturated rings. The molecule has 1 aromatic heterocycles. The summed E-state index contributed by atoms with van der Waals surface area (Å²) in [6.07, 6.45) is 7.57. The van der Waals surface area contributed by atoms with Crippen molar-refractivity contribution in [1.82, 2.24) is 15.4 Å². The van der Waals surface area contributed by atoms with Crippen LogP contribution in [0.1, 0.15) is 51.6 Å². The number of ketones is 1. The van der Waals surface area contributed by atoms with Crippen LogP contribution in [0, 0.1) is 5.92 Å². The van der Waals surface area contributed by atoms with E-state index < -0.39 is 0 Å². The van der Waals surface area contributed by atoms with Gasteiger partial charge in [0.15, 0.2) is 0 Å². The smallest absolute Gasteiger partial charge is 0.136 e. The van der Waals surface area contributed by atoms with Crippen molar-refractivity contribution >= 4 is 5.78 Å². The summed E-state index contributed by atoms with van der Waals surface area (Å²) in [5.41, 5.74) is 0.870. The Kier molecular flexibility index (Phi) is 5.75. The van der Waals surface area contributed by atoms with E-state index in [0.717, 1.165) is 18.5 Å². The highest BCUT2D eigenvalue weighted by Crippen LogP contribution is 2.13. The first kappa shape index (κ1) is 12.9. The van der Waals surface area contributed by atoms with Crippen molar-refractivity contribution in [3.8, 4) is 0 Å². The Bertz CT molecular complexity index is 295. The number of aryl methyl sites for hydroxylation is 1. The molecule has 4 nitrogen and oxygen atoms in total. The van der Waals surface area contributed by atoms with Gasteiger partial charge in [-0.2, -0.15) is 15.4 Å². The molecular formula is C12H21N3O. The molecule has 90 valence electrons. The highest BCUT2D eigenvalue weighted by atomic mass is 16.1. The van der Waals surface area contributed by atoms with Crippen molar-refractivity contribution in [3.63, 3.8) is 0 Å². The lowest BCUT2D eigenvalue weighted by atomic mass is 9.96. The van der Waals surface area contributed by atoms with Gasteiger partial charge in [-0.15, -0.1) is 0 Å². The molecule has 0 saturated carbocycles. The van der Waals surface area contributed by atoms with Crippen LogP contribution in [-0.2, 0) is 11.2 Å². The van der Waals surface area contributed by atoms with Crippen LogP contribution >= 0.6 is 0 Å². The predicted octanol–water partition coefficient (Wildman–Crippen LogP) is 2.52. The molecule has 0 saturated heterocycles. The second-order valence-electron chi connectivity index (χ2n) is 4.32. The molecule has 0 spiro atoms. The number of rotatable bonds is 8. The van der Waals surface area contributed by atoms with Crippen molar-refractivity contribution in [1.29, 1.82) is 0 Å². The first-order valence-electron chi connectivity index (χ1n) is 6.11. The Morgan fingerprint density at radius 3 is 2.94 bits per heavy atom. The zero-order valence-electron chi connectivity index (χ0n) is 10.2. The zero-order valence-corrected chi connectivity index (χ0v) is 10.2. The molecule has 1 unspecified atom stereocenters. The summed E-state index contributed by atoms with van der Waals surface area (Å²) in [7, 11) is 0. The second kappa shape index (κ2) is 7.14. The molecule has 16 heavy (non-hydrogen) atoms. The Morgan fingerprint density at radius 1 is 1.50 bits per heavy atom. The number of aromatic amines is 1. The first-order chi connectivity index (χ1) is 7.74. The number of nitrogens with one attached hydrogen (secondary N) is 1. The Labute approximate surface area is 96.8 Å². The van der Waals surface area contributed by atoms with Crippen molar-refractivity contribution in [2.45, 2.75) is 52.4 Å². The maximum absolute atomic E-state index is 11.8. The van der Waals surface area contributed by atoms with Crippen LogP contribution in [-0.4, -0.2) is 21.2 Å². The largest absolute Gasteiger partial charge is 0.299 e. The van der Waals surface area contributed by atoms with Crippen LogP contribution in [0.3, 0.4) is 0 Å². The topological polar surface area (TPSA) is 58.6 Å². The van der Waals surface area contributed by atoms with Gasteiger partial charge in [0.25, 0.3) is 0 Å². The first-order valence-corrected chi connectivity index (χ1v) is 6.11. The van der Waals surface area contributed by atoms with Crippen LogP contribution in [0.2, 0.25) is 0 Å². The lowest BCUT2D eigenvalue weighted by Crippen LogP contribution is -2.11. The van der Waals surface area contributed by atoms with E-state index in [-0.39, 0.29) is 5.92 Å². The van der Waals surface area contributed by atoms with E-state index in [1.54, 1.807) is 6.20 Å². The lowest BCUT2D eigenvalue weighted by molar-refractivity contribution is -0.122. The van der Waals surface area contributed by atoms with Gasteiger partial charge >= 0.3 is 0 Å². The number of Topliss-reactive ketones (excluding diaryl/α,β-unsaturated/α-hetero) is 1. The van der Waals surface area contributed by atoms with E-state index in [1.807, 2.05) is 6.92 Å². The number of carbonyl (C=O) groups excluding carboxylic acids is 1. The van der Waals surface area contributed by atoms with Gasteiger partial charge in [-0.05, 0) is 12.8 Å². The lowest BCUT2D eigenvalue weighted by Gasteiger charge is -2.08. The van der Waals surface area contributed by atoms with Gasteiger partial charge in [0.2, 0.25) is 0 Å². The molecule has 0 amide bonds. The number of hydrogen-bond acceptors (Lipinski definition) is 3. The maximum atomic E-state index is 11.8. The Morgan fingerprint density at radius 2 is 2.31 bits per heavy atom. The molecule has 1 rings (SSSR count). The molecule has 1 atom stereocenters. The molecule has 0 radical (unpaired) electrons. The molecule has 0 aromatic carbocycles. The average molecular weight is 223 g/mol. The Hall–Kier alpha value is -1.19. The minimum atomic E-state index is 0.193. The molecule has 1 aromatic rings. The van der Waals surface area contributed by atoms with Crippen LogP contribution < -0.4 is 0 Å². The van der Waals surface area contributed by atoms with Crippen molar-refractivity contribution in [2.24, 2.45) is 5.92 Å². The van der Waals surface area contributed by atoms with Gasteiger partial charge in [0.05, 0.1) is 11.9 Å². The molecule has 0 aliphatic rings. The molecule has 1 heterocycles. The summed E-state index contributed by atoms with van der Waals surface area (Å²) in [5.74, 6) is 0.539. The summed E-state index contributed by atoms with van der Waals surface area (Å²) < 4.78 is 0. The fourth-order valence-corrected chi connectivity index (χ4v) is 1.70. The SMILES string of the molecule is CCCCCC(C)C(=O)CCc1cn[nH]n1. The Balaban J connectivity index is 2.18. The fraction of sp³-hybridized carbons (Fsp3) is 0.750. The van der Waals surface area contributed by atoms with Crippen LogP contribution in [0.5, 0.6) is 0 Å². The molecule has 4 heteroatoms. The fourth-order valence-electron chi connectivity index (χ4n) is 1.70. The number of unbranched alkanes of at least 4 members (excludes halogenated alkanes) is 2. The highest BCUT2D eigenvalue weighted by molar-refractivity contribution is 5.80. The number of carbonyl (C=O) groups is 1. The van der Waals surface area contributed by atoms with Gasteiger partial charge in [-0.3, -0.25) is 4.79 Å². The zero-order chi connectivity index (χ0) is 11.8. The van der Waals surface area contributed by atoms with Gasteiger partial charge in [-0.1, -0.05) is 33.1 Å². The average Bonchev–Trinajstić information content (AvgIpc) is 2.79. The van der Waals surface area contributed by atoms with Crippen molar-refractivity contribution in [2.75, 3.05) is 0 Å². The minimum Gasteiger partial charge on any atom is -0.299 e. The molecule has 0 bridgehead atoms. The summed E-state index contributed by atoms with van der Waals surface area (Å²) >= 11 is 0. The number of aromatic nitrogens is 3. The van der Waals surface area contributed by atoms with E-state index in [2.05, 4.69) is 22.3 Å². The third-order valence-electron chi connectivity index (χ3n) is 2.88. The van der Waals surface area contributed by atoms with Gasteiger partial charge in [-0.25, -0.2) is 0 Å². The molecule has 0 aliphatic carbocycles. The van der Waals surface area contributed by atoms with Gasteiger partial charge in [0.1, 0.15) is 5.78 Å². The number of nitrogens with zero attached hydrogens (tertiary/aromatic N) is 2. The normalized spacial score (nSPS) is 12.6. The second-order valence-corrected chi connectivity index (χ2v) is 4.32. The van der Waals surface area contributed by atoms with Crippen LogP contribution in [0.15, 0.2) is 6.20 Å². The monoisotopic (exact) mass is 223 g/mol. The summed E-state index contributed by atoms with van der Waals surface area (Å²) in [4.78, 5) is 11.8. The third kappa shape index (κ3) is 4.55. The van der Waals surface area contributed by atoms with Crippen LogP contribution in [0.25, 0.3) is 0 Å². The summed E-state index contributed by atoms with van der Waals surface area (Å²) in [5, 5.41) is 10.2. The predicted molar refractivity (Wildman–Crippen MR) is 63.0 cm³/mol. The van der Waals surface area contributed by atoms with Crippen molar-refractivity contribution in [3.05, 3.63) is 11.9 Å². The molecule has 1 N–H and O–H groups in total. The van der Waals surface area contributed by atoms with E-state index in [4.69, 9.17) is 0 Å². The van der Waals surface area contributed by atoms with E-state index in [0.29, 0.717) is 18.6 Å². The molecular weight excluding hydrogens is 202 g/mol. The highest BCUT2D eigenvalue weighted by Gasteiger charge is 2.12.